The Kier molecular flexibility index (Phi) is 2.08. The smallest absolute Gasteiger partial charge is 0.116 e. The second-order valence-corrected chi connectivity index (χ2v) is 4.02. The Bertz CT molecular complexity index is 688. The topological polar surface area (TPSA) is 50.9 Å². The maximum atomic E-state index is 9.39. The van der Waals surface area contributed by atoms with Gasteiger partial charge in [0.15, 0.2) is 0 Å². The van der Waals surface area contributed by atoms with Crippen molar-refractivity contribution in [3.8, 4) is 17.0 Å². The fraction of sp³-hybridized carbons (Fsp3) is 0.0769. The molecule has 0 aliphatic carbocycles. The lowest BCUT2D eigenvalue weighted by molar-refractivity contribution is 0.476. The summed E-state index contributed by atoms with van der Waals surface area (Å²) in [6.45, 7) is 0. The third kappa shape index (κ3) is 1.73. The lowest BCUT2D eigenvalue weighted by Crippen LogP contribution is -1.85. The first-order valence-corrected chi connectivity index (χ1v) is 5.32. The molecule has 17 heavy (non-hydrogen) atoms. The molecule has 1 N–H and O–H groups in total. The molecule has 4 heteroatoms. The van der Waals surface area contributed by atoms with Gasteiger partial charge in [-0.3, -0.25) is 4.68 Å². The van der Waals surface area contributed by atoms with Gasteiger partial charge in [0, 0.05) is 12.6 Å². The Morgan fingerprint density at radius 3 is 2.59 bits per heavy atom. The predicted octanol–water partition coefficient (Wildman–Crippen LogP) is 2.34. The Morgan fingerprint density at radius 2 is 1.82 bits per heavy atom. The second kappa shape index (κ2) is 3.59. The van der Waals surface area contributed by atoms with Crippen LogP contribution in [0.4, 0.5) is 0 Å². The number of hydrogen-bond acceptors (Lipinski definition) is 3. The van der Waals surface area contributed by atoms with Gasteiger partial charge in [0.1, 0.15) is 11.4 Å². The number of aryl methyl sites for hydroxylation is 1. The van der Waals surface area contributed by atoms with Crippen LogP contribution in [0.1, 0.15) is 0 Å². The summed E-state index contributed by atoms with van der Waals surface area (Å²) in [4.78, 5) is 0. The molecule has 1 aromatic heterocycles. The molecule has 3 aromatic rings. The zero-order valence-corrected chi connectivity index (χ0v) is 9.33. The van der Waals surface area contributed by atoms with E-state index in [0.717, 1.165) is 22.0 Å². The minimum absolute atomic E-state index is 0.282. The molecule has 0 amide bonds. The summed E-state index contributed by atoms with van der Waals surface area (Å²) < 4.78 is 1.68. The van der Waals surface area contributed by atoms with E-state index in [1.807, 2.05) is 37.5 Å². The largest absolute Gasteiger partial charge is 0.508 e. The highest BCUT2D eigenvalue weighted by atomic mass is 16.3. The molecule has 84 valence electrons. The highest BCUT2D eigenvalue weighted by Crippen LogP contribution is 2.25. The van der Waals surface area contributed by atoms with Crippen LogP contribution >= 0.6 is 0 Å². The standard InChI is InChI=1S/C13H11N3O/c1-16-8-13(14-15-16)11-3-2-10-7-12(17)5-4-9(10)6-11/h2-8,17H,1H3. The van der Waals surface area contributed by atoms with E-state index in [-0.39, 0.29) is 5.75 Å². The molecule has 0 atom stereocenters. The molecule has 0 saturated carbocycles. The van der Waals surface area contributed by atoms with Crippen molar-refractivity contribution in [2.24, 2.45) is 7.05 Å². The molecule has 0 spiro atoms. The van der Waals surface area contributed by atoms with Gasteiger partial charge in [-0.15, -0.1) is 5.10 Å². The van der Waals surface area contributed by atoms with Gasteiger partial charge >= 0.3 is 0 Å². The van der Waals surface area contributed by atoms with Gasteiger partial charge in [-0.1, -0.05) is 23.4 Å². The monoisotopic (exact) mass is 225 g/mol. The molecular formula is C13H11N3O. The van der Waals surface area contributed by atoms with E-state index in [1.54, 1.807) is 16.8 Å². The third-order valence-electron chi connectivity index (χ3n) is 2.72. The molecular weight excluding hydrogens is 214 g/mol. The molecule has 2 aromatic carbocycles. The van der Waals surface area contributed by atoms with Crippen LogP contribution in [-0.2, 0) is 7.05 Å². The SMILES string of the molecule is Cn1cc(-c2ccc3cc(O)ccc3c2)nn1. The van der Waals surface area contributed by atoms with E-state index in [4.69, 9.17) is 0 Å². The summed E-state index contributed by atoms with van der Waals surface area (Å²) in [5.41, 5.74) is 1.87. The number of rotatable bonds is 1. The van der Waals surface area contributed by atoms with Gasteiger partial charge in [-0.05, 0) is 29.0 Å². The maximum absolute atomic E-state index is 9.39. The van der Waals surface area contributed by atoms with E-state index in [1.165, 1.54) is 0 Å². The minimum Gasteiger partial charge on any atom is -0.508 e. The van der Waals surface area contributed by atoms with Crippen LogP contribution in [0.25, 0.3) is 22.0 Å². The van der Waals surface area contributed by atoms with Gasteiger partial charge in [-0.25, -0.2) is 0 Å². The molecule has 0 aliphatic heterocycles. The van der Waals surface area contributed by atoms with Crippen LogP contribution in [-0.4, -0.2) is 20.1 Å². The summed E-state index contributed by atoms with van der Waals surface area (Å²) in [5, 5.41) is 19.5. The van der Waals surface area contributed by atoms with Gasteiger partial charge in [0.05, 0.1) is 6.20 Å². The first kappa shape index (κ1) is 9.84. The van der Waals surface area contributed by atoms with Gasteiger partial charge < -0.3 is 5.11 Å². The number of phenols is 1. The lowest BCUT2D eigenvalue weighted by Gasteiger charge is -2.01. The van der Waals surface area contributed by atoms with Gasteiger partial charge in [-0.2, -0.15) is 0 Å². The molecule has 0 fully saturated rings. The normalized spacial score (nSPS) is 10.9. The minimum atomic E-state index is 0.282. The van der Waals surface area contributed by atoms with Crippen molar-refractivity contribution in [2.75, 3.05) is 0 Å². The maximum Gasteiger partial charge on any atom is 0.116 e. The molecule has 0 radical (unpaired) electrons. The van der Waals surface area contributed by atoms with E-state index < -0.39 is 0 Å². The van der Waals surface area contributed by atoms with Crippen LogP contribution in [0, 0.1) is 0 Å². The second-order valence-electron chi connectivity index (χ2n) is 4.02. The summed E-state index contributed by atoms with van der Waals surface area (Å²) in [5.74, 6) is 0.282. The summed E-state index contributed by atoms with van der Waals surface area (Å²) >= 11 is 0. The number of hydrogen-bond donors (Lipinski definition) is 1. The number of fused-ring (bicyclic) bond motifs is 1. The predicted molar refractivity (Wildman–Crippen MR) is 65.6 cm³/mol. The highest BCUT2D eigenvalue weighted by Gasteiger charge is 2.03. The first-order chi connectivity index (χ1) is 8.22. The lowest BCUT2D eigenvalue weighted by atomic mass is 10.1. The van der Waals surface area contributed by atoms with Gasteiger partial charge in [0.25, 0.3) is 0 Å². The van der Waals surface area contributed by atoms with Crippen molar-refractivity contribution in [3.63, 3.8) is 0 Å². The van der Waals surface area contributed by atoms with Crippen LogP contribution in [0.5, 0.6) is 5.75 Å². The van der Waals surface area contributed by atoms with Crippen LogP contribution < -0.4 is 0 Å². The number of phenolic OH excluding ortho intramolecular Hbond substituents is 1. The molecule has 4 nitrogen and oxygen atoms in total. The third-order valence-corrected chi connectivity index (χ3v) is 2.72. The summed E-state index contributed by atoms with van der Waals surface area (Å²) in [7, 11) is 1.84. The number of aromatic hydroxyl groups is 1. The molecule has 1 heterocycles. The summed E-state index contributed by atoms with van der Waals surface area (Å²) in [6.07, 6.45) is 1.88. The molecule has 0 bridgehead atoms. The quantitative estimate of drug-likeness (QED) is 0.691. The Labute approximate surface area is 98.1 Å². The Balaban J connectivity index is 2.16. The number of aromatic nitrogens is 3. The van der Waals surface area contributed by atoms with E-state index in [0.29, 0.717) is 0 Å². The van der Waals surface area contributed by atoms with E-state index >= 15 is 0 Å². The van der Waals surface area contributed by atoms with Crippen LogP contribution in [0.3, 0.4) is 0 Å². The average molecular weight is 225 g/mol. The van der Waals surface area contributed by atoms with Crippen molar-refractivity contribution in [1.29, 1.82) is 0 Å². The number of nitrogens with zero attached hydrogens (tertiary/aromatic N) is 3. The summed E-state index contributed by atoms with van der Waals surface area (Å²) in [6, 6.07) is 11.3. The van der Waals surface area contributed by atoms with Crippen LogP contribution in [0.15, 0.2) is 42.6 Å². The molecule has 0 unspecified atom stereocenters. The average Bonchev–Trinajstić information content (AvgIpc) is 2.75. The fourth-order valence-electron chi connectivity index (χ4n) is 1.87. The van der Waals surface area contributed by atoms with Crippen molar-refractivity contribution in [3.05, 3.63) is 42.6 Å². The Morgan fingerprint density at radius 1 is 1.06 bits per heavy atom. The molecule has 0 aliphatic rings. The van der Waals surface area contributed by atoms with Crippen molar-refractivity contribution < 1.29 is 5.11 Å². The molecule has 0 saturated heterocycles. The van der Waals surface area contributed by atoms with Crippen molar-refractivity contribution >= 4 is 10.8 Å². The zero-order valence-electron chi connectivity index (χ0n) is 9.33. The Hall–Kier alpha value is -2.36. The van der Waals surface area contributed by atoms with E-state index in [9.17, 15) is 5.11 Å². The zero-order chi connectivity index (χ0) is 11.8. The van der Waals surface area contributed by atoms with Gasteiger partial charge in [0.2, 0.25) is 0 Å². The van der Waals surface area contributed by atoms with Crippen LogP contribution in [0.2, 0.25) is 0 Å². The molecule has 3 rings (SSSR count). The number of benzene rings is 2. The fourth-order valence-corrected chi connectivity index (χ4v) is 1.87. The first-order valence-electron chi connectivity index (χ1n) is 5.32. The van der Waals surface area contributed by atoms with Crippen molar-refractivity contribution in [2.45, 2.75) is 0 Å². The van der Waals surface area contributed by atoms with Crippen molar-refractivity contribution in [1.82, 2.24) is 15.0 Å². The highest BCUT2D eigenvalue weighted by molar-refractivity contribution is 5.87. The van der Waals surface area contributed by atoms with E-state index in [2.05, 4.69) is 10.3 Å².